The molecule has 0 unspecified atom stereocenters. The summed E-state index contributed by atoms with van der Waals surface area (Å²) < 4.78 is 34.9. The lowest BCUT2D eigenvalue weighted by molar-refractivity contribution is -0.121. The molecule has 0 aliphatic heterocycles. The van der Waals surface area contributed by atoms with Crippen LogP contribution < -0.4 is 5.32 Å². The average molecular weight is 308 g/mol. The van der Waals surface area contributed by atoms with Gasteiger partial charge >= 0.3 is 6.18 Å². The number of nitrogens with one attached hydrogen (secondary N) is 1. The molecule has 68 valence electrons. The maximum Gasteiger partial charge on any atom is 0.405 e. The number of hydrogen-bond acceptors (Lipinski definition) is 2. The molecule has 0 amide bonds. The molecule has 0 aliphatic carbocycles. The molecule has 1 N–H and O–H groups in total. The van der Waals surface area contributed by atoms with Crippen LogP contribution in [-0.4, -0.2) is 16.6 Å². The van der Waals surface area contributed by atoms with Gasteiger partial charge in [-0.1, -0.05) is 6.42 Å². The predicted octanol–water partition coefficient (Wildman–Crippen LogP) is 2.17. The smallest absolute Gasteiger partial charge is 0.355 e. The van der Waals surface area contributed by atoms with Crippen LogP contribution in [0.4, 0.5) is 13.2 Å². The van der Waals surface area contributed by atoms with E-state index < -0.39 is 32.0 Å². The van der Waals surface area contributed by atoms with Gasteiger partial charge in [-0.3, -0.25) is 0 Å². The maximum absolute atomic E-state index is 11.6. The number of hydrogen-bond donors (Lipinski definition) is 1. The molecule has 7 heteroatoms. The second-order valence-corrected chi connectivity index (χ2v) is 4.07. The van der Waals surface area contributed by atoms with Gasteiger partial charge in [-0.2, -0.15) is 18.2 Å². The van der Waals surface area contributed by atoms with Gasteiger partial charge in [0.15, 0.2) is 3.84 Å². The average Bonchev–Trinajstić information content (AvgIpc) is 1.96. The zero-order valence-electron chi connectivity index (χ0n) is 5.65. The summed E-state index contributed by atoms with van der Waals surface area (Å²) in [5, 5.41) is 2.04. The Bertz CT molecular complexity index is 230. The van der Waals surface area contributed by atoms with Crippen molar-refractivity contribution < 1.29 is 13.2 Å². The van der Waals surface area contributed by atoms with Gasteiger partial charge in [0.2, 0.25) is 0 Å². The van der Waals surface area contributed by atoms with Crippen LogP contribution >= 0.6 is 28.5 Å². The Hall–Kier alpha value is -0.230. The third-order valence-electron chi connectivity index (χ3n) is 0.670. The molecule has 0 aromatic carbocycles. The lowest BCUT2D eigenvalue weighted by atomic mass is 10.6. The number of halogens is 4. The lowest BCUT2D eigenvalue weighted by Crippen LogP contribution is -2.30. The van der Waals surface area contributed by atoms with E-state index in [0.29, 0.717) is 0 Å². The molecule has 0 spiro atoms. The van der Waals surface area contributed by atoms with Gasteiger partial charge in [0.05, 0.1) is 0 Å². The van der Waals surface area contributed by atoms with Crippen molar-refractivity contribution in [2.75, 3.05) is 6.54 Å². The zero-order valence-corrected chi connectivity index (χ0v) is 8.63. The van der Waals surface area contributed by atoms with E-state index in [9.17, 15) is 13.2 Å². The fraction of sp³-hybridized carbons (Fsp3) is 0.400. The Morgan fingerprint density at radius 3 is 2.58 bits per heavy atom. The van der Waals surface area contributed by atoms with Crippen LogP contribution in [0.15, 0.2) is 4.99 Å². The highest BCUT2D eigenvalue weighted by atomic mass is 127. The fourth-order valence-electron chi connectivity index (χ4n) is 0.314. The molecule has 0 aliphatic rings. The molecule has 0 saturated heterocycles. The Morgan fingerprint density at radius 1 is 1.67 bits per heavy atom. The molecule has 0 atom stereocenters. The van der Waals surface area contributed by atoms with E-state index in [4.69, 9.17) is 6.42 Å². The summed E-state index contributed by atoms with van der Waals surface area (Å²) in [5.74, 6) is 0. The number of terminal acetylenes is 1. The third kappa shape index (κ3) is 6.48. The van der Waals surface area contributed by atoms with Gasteiger partial charge in [0, 0.05) is 25.3 Å². The second-order valence-electron chi connectivity index (χ2n) is 1.58. The van der Waals surface area contributed by atoms with Crippen LogP contribution in [0.25, 0.3) is 0 Å². The van der Waals surface area contributed by atoms with Crippen molar-refractivity contribution in [3.05, 3.63) is 0 Å². The van der Waals surface area contributed by atoms with E-state index in [1.165, 1.54) is 0 Å². The van der Waals surface area contributed by atoms with E-state index in [-0.39, 0.29) is 3.84 Å². The van der Waals surface area contributed by atoms with Gasteiger partial charge in [0.25, 0.3) is 0 Å². The maximum atomic E-state index is 11.6. The second kappa shape index (κ2) is 5.42. The van der Waals surface area contributed by atoms with Crippen LogP contribution in [0.5, 0.6) is 0 Å². The summed E-state index contributed by atoms with van der Waals surface area (Å²) in [6, 6.07) is 1.87. The van der Waals surface area contributed by atoms with Crippen LogP contribution in [0.3, 0.4) is 0 Å². The summed E-state index contributed by atoms with van der Waals surface area (Å²) in [4.78, 5) is 3.32. The molecule has 0 fully saturated rings. The van der Waals surface area contributed by atoms with Crippen LogP contribution in [-0.2, 0) is 0 Å². The Kier molecular flexibility index (Phi) is 5.32. The Morgan fingerprint density at radius 2 is 2.25 bits per heavy atom. The molecule has 0 radical (unpaired) electrons. The molecule has 0 aromatic heterocycles. The predicted molar refractivity (Wildman–Crippen MR) is 51.9 cm³/mol. The van der Waals surface area contributed by atoms with Crippen molar-refractivity contribution in [3.63, 3.8) is 0 Å². The monoisotopic (exact) mass is 308 g/mol. The molecule has 0 aromatic rings. The highest BCUT2D eigenvalue weighted by Gasteiger charge is 2.26. The lowest BCUT2D eigenvalue weighted by Gasteiger charge is -2.06. The van der Waals surface area contributed by atoms with Crippen molar-refractivity contribution in [3.8, 4) is 12.5 Å². The van der Waals surface area contributed by atoms with Gasteiger partial charge < -0.3 is 5.32 Å². The van der Waals surface area contributed by atoms with Crippen LogP contribution in [0.2, 0.25) is 0 Å². The molecule has 0 saturated carbocycles. The minimum absolute atomic E-state index is 0.101. The minimum atomic E-state index is -4.26. The first-order valence-corrected chi connectivity index (χ1v) is 6.63. The van der Waals surface area contributed by atoms with Crippen LogP contribution in [0, 0.1) is 12.5 Å². The van der Waals surface area contributed by atoms with Crippen molar-refractivity contribution in [2.24, 2.45) is 4.99 Å². The molecule has 0 heterocycles. The molecule has 12 heavy (non-hydrogen) atoms. The normalized spacial score (nSPS) is 12.3. The van der Waals surface area contributed by atoms with E-state index in [1.54, 1.807) is 0 Å². The number of rotatable bonds is 2. The largest absolute Gasteiger partial charge is 0.405 e. The first-order valence-electron chi connectivity index (χ1n) is 2.60. The Balaban J connectivity index is 4.01. The van der Waals surface area contributed by atoms with Crippen molar-refractivity contribution in [1.29, 1.82) is 0 Å². The summed E-state index contributed by atoms with van der Waals surface area (Å²) in [6.07, 6.45) is 0.497. The highest BCUT2D eigenvalue weighted by molar-refractivity contribution is 14.2. The Labute approximate surface area is 81.0 Å². The topological polar surface area (TPSA) is 24.4 Å². The summed E-state index contributed by atoms with van der Waals surface area (Å²) >= 11 is -0.940. The standard InChI is InChI=1S/C5H4F3IN2S/c1-2-10-4(9-12)11-3-5(6,7)8/h1H,3H2,(H,10,11). The number of nitrogens with zero attached hydrogens (tertiary/aromatic N) is 1. The summed E-state index contributed by atoms with van der Waals surface area (Å²) in [6.45, 7) is -1.14. The van der Waals surface area contributed by atoms with Gasteiger partial charge in [-0.15, -0.1) is 0 Å². The SMILES string of the molecule is C#CN=C(NCC(F)(F)F)I=S. The van der Waals surface area contributed by atoms with Gasteiger partial charge in [-0.25, -0.2) is 0 Å². The quantitative estimate of drug-likeness (QED) is 0.278. The van der Waals surface area contributed by atoms with E-state index in [0.717, 1.165) is 0 Å². The summed E-state index contributed by atoms with van der Waals surface area (Å²) in [5.41, 5.74) is 0. The van der Waals surface area contributed by atoms with Crippen molar-refractivity contribution in [1.82, 2.24) is 5.32 Å². The summed E-state index contributed by atoms with van der Waals surface area (Å²) in [7, 11) is 4.58. The van der Waals surface area contributed by atoms with Gasteiger partial charge in [0.1, 0.15) is 6.54 Å². The van der Waals surface area contributed by atoms with E-state index in [2.05, 4.69) is 14.3 Å². The highest BCUT2D eigenvalue weighted by Crippen LogP contribution is 2.13. The van der Waals surface area contributed by atoms with E-state index >= 15 is 0 Å². The molecule has 2 nitrogen and oxygen atoms in total. The molecule has 0 rings (SSSR count). The van der Waals surface area contributed by atoms with Crippen molar-refractivity contribution in [2.45, 2.75) is 6.18 Å². The zero-order chi connectivity index (χ0) is 9.61. The fourth-order valence-corrected chi connectivity index (χ4v) is 1.50. The molecule has 0 bridgehead atoms. The van der Waals surface area contributed by atoms with E-state index in [1.807, 2.05) is 11.4 Å². The number of amidine groups is 1. The first-order chi connectivity index (χ1) is 5.49. The van der Waals surface area contributed by atoms with Gasteiger partial charge in [-0.05, 0) is 9.28 Å². The first kappa shape index (κ1) is 11.8. The van der Waals surface area contributed by atoms with Crippen LogP contribution in [0.1, 0.15) is 0 Å². The van der Waals surface area contributed by atoms with Crippen molar-refractivity contribution >= 4 is 32.4 Å². The molecular formula is C5H4F3IN2S. The molecular weight excluding hydrogens is 304 g/mol. The minimum Gasteiger partial charge on any atom is -0.355 e. The number of alkyl halides is 3. The third-order valence-corrected chi connectivity index (χ3v) is 2.69. The number of aliphatic imine (C=N–C) groups is 1.